The second-order valence-corrected chi connectivity index (χ2v) is 6.63. The third kappa shape index (κ3) is 3.61. The molecule has 3 rings (SSSR count). The van der Waals surface area contributed by atoms with Gasteiger partial charge in [0.1, 0.15) is 12.1 Å². The number of imide groups is 1. The molecule has 0 spiro atoms. The highest BCUT2D eigenvalue weighted by Crippen LogP contribution is 2.29. The first kappa shape index (κ1) is 18.4. The van der Waals surface area contributed by atoms with E-state index in [0.717, 1.165) is 4.90 Å². The quantitative estimate of drug-likeness (QED) is 0.793. The topological polar surface area (TPSA) is 102 Å². The molecule has 8 heteroatoms. The molecule has 1 aliphatic rings. The number of carbonyl (C=O) groups excluding carboxylic acids is 3. The molecule has 0 bridgehead atoms. The molecule has 1 saturated heterocycles. The molecule has 0 saturated carbocycles. The number of urea groups is 1. The van der Waals surface area contributed by atoms with Crippen molar-refractivity contribution in [3.05, 3.63) is 64.7 Å². The summed E-state index contributed by atoms with van der Waals surface area (Å²) in [5, 5.41) is 14.6. The highest BCUT2D eigenvalue weighted by molar-refractivity contribution is 6.30. The molecule has 4 amide bonds. The first-order chi connectivity index (χ1) is 12.8. The number of hydrogen-bond acceptors (Lipinski definition) is 4. The van der Waals surface area contributed by atoms with Crippen molar-refractivity contribution >= 4 is 35.1 Å². The molecule has 1 aliphatic heterocycles. The maximum absolute atomic E-state index is 12.8. The largest absolute Gasteiger partial charge is 0.325 e. The number of nitrogens with zero attached hydrogens (tertiary/aromatic N) is 2. The summed E-state index contributed by atoms with van der Waals surface area (Å²) in [6.45, 7) is 1.13. The van der Waals surface area contributed by atoms with Crippen LogP contribution in [0.25, 0.3) is 0 Å². The minimum atomic E-state index is -1.30. The lowest BCUT2D eigenvalue weighted by molar-refractivity contribution is -0.133. The molecule has 0 radical (unpaired) electrons. The van der Waals surface area contributed by atoms with Gasteiger partial charge in [-0.2, -0.15) is 5.26 Å². The van der Waals surface area contributed by atoms with Crippen LogP contribution < -0.4 is 10.6 Å². The Labute approximate surface area is 160 Å². The predicted molar refractivity (Wildman–Crippen MR) is 98.8 cm³/mol. The Balaban J connectivity index is 1.75. The van der Waals surface area contributed by atoms with Gasteiger partial charge in [0, 0.05) is 10.7 Å². The van der Waals surface area contributed by atoms with E-state index in [1.54, 1.807) is 55.5 Å². The van der Waals surface area contributed by atoms with Crippen molar-refractivity contribution in [2.24, 2.45) is 0 Å². The number of carbonyl (C=O) groups is 3. The summed E-state index contributed by atoms with van der Waals surface area (Å²) in [5.41, 5.74) is 0.130. The number of nitriles is 1. The summed E-state index contributed by atoms with van der Waals surface area (Å²) in [7, 11) is 0. The molecule has 0 aromatic heterocycles. The zero-order valence-electron chi connectivity index (χ0n) is 14.3. The number of nitrogens with one attached hydrogen (secondary N) is 2. The van der Waals surface area contributed by atoms with Crippen molar-refractivity contribution < 1.29 is 14.4 Å². The van der Waals surface area contributed by atoms with Crippen molar-refractivity contribution in [1.82, 2.24) is 10.2 Å². The minimum Gasteiger partial charge on any atom is -0.324 e. The van der Waals surface area contributed by atoms with Crippen molar-refractivity contribution in [2.45, 2.75) is 12.5 Å². The summed E-state index contributed by atoms with van der Waals surface area (Å²) in [6, 6.07) is 14.2. The Morgan fingerprint density at radius 3 is 2.59 bits per heavy atom. The van der Waals surface area contributed by atoms with Crippen molar-refractivity contribution in [2.75, 3.05) is 11.9 Å². The molecule has 2 aromatic carbocycles. The van der Waals surface area contributed by atoms with Crippen LogP contribution in [0.15, 0.2) is 48.5 Å². The summed E-state index contributed by atoms with van der Waals surface area (Å²) in [5.74, 6) is -1.07. The number of anilines is 1. The van der Waals surface area contributed by atoms with Crippen LogP contribution in [0.1, 0.15) is 18.1 Å². The van der Waals surface area contributed by atoms with E-state index in [1.165, 1.54) is 0 Å². The second kappa shape index (κ2) is 7.09. The van der Waals surface area contributed by atoms with Gasteiger partial charge in [-0.15, -0.1) is 0 Å². The molecule has 1 unspecified atom stereocenters. The van der Waals surface area contributed by atoms with Gasteiger partial charge in [0.25, 0.3) is 5.91 Å². The Hall–Kier alpha value is -3.37. The van der Waals surface area contributed by atoms with Gasteiger partial charge in [-0.1, -0.05) is 29.8 Å². The van der Waals surface area contributed by atoms with E-state index >= 15 is 0 Å². The van der Waals surface area contributed by atoms with E-state index in [9.17, 15) is 14.4 Å². The van der Waals surface area contributed by atoms with Gasteiger partial charge >= 0.3 is 6.03 Å². The first-order valence-electron chi connectivity index (χ1n) is 8.03. The monoisotopic (exact) mass is 382 g/mol. The molecule has 0 aliphatic carbocycles. The smallest absolute Gasteiger partial charge is 0.324 e. The number of amides is 4. The fourth-order valence-electron chi connectivity index (χ4n) is 2.82. The van der Waals surface area contributed by atoms with E-state index in [0.29, 0.717) is 21.8 Å². The zero-order valence-corrected chi connectivity index (χ0v) is 15.1. The molecule has 1 atom stereocenters. The molecule has 1 heterocycles. The third-order valence-corrected chi connectivity index (χ3v) is 4.51. The fraction of sp³-hybridized carbons (Fsp3) is 0.158. The maximum atomic E-state index is 12.8. The van der Waals surface area contributed by atoms with E-state index in [2.05, 4.69) is 10.6 Å². The molecule has 2 aromatic rings. The lowest BCUT2D eigenvalue weighted by Gasteiger charge is -2.22. The zero-order chi connectivity index (χ0) is 19.6. The predicted octanol–water partition coefficient (Wildman–Crippen LogP) is 2.62. The Morgan fingerprint density at radius 1 is 1.26 bits per heavy atom. The molecular formula is C19H15ClN4O3. The fourth-order valence-corrected chi connectivity index (χ4v) is 3.01. The maximum Gasteiger partial charge on any atom is 0.325 e. The summed E-state index contributed by atoms with van der Waals surface area (Å²) in [6.07, 6.45) is 0. The summed E-state index contributed by atoms with van der Waals surface area (Å²) in [4.78, 5) is 38.2. The van der Waals surface area contributed by atoms with Crippen LogP contribution in [0.4, 0.5) is 10.5 Å². The van der Waals surface area contributed by atoms with Gasteiger partial charge in [0.15, 0.2) is 0 Å². The van der Waals surface area contributed by atoms with Gasteiger partial charge in [-0.25, -0.2) is 4.79 Å². The molecule has 7 nitrogen and oxygen atoms in total. The Kier molecular flexibility index (Phi) is 4.84. The SMILES string of the molecule is CC1(c2ccc(C#N)cc2)NC(=O)N(CC(=O)Nc2cccc(Cl)c2)C1=O. The van der Waals surface area contributed by atoms with Crippen LogP contribution in [-0.2, 0) is 15.1 Å². The van der Waals surface area contributed by atoms with Crippen LogP contribution in [0, 0.1) is 11.3 Å². The second-order valence-electron chi connectivity index (χ2n) is 6.19. The van der Waals surface area contributed by atoms with Crippen molar-refractivity contribution in [3.63, 3.8) is 0 Å². The molecule has 2 N–H and O–H groups in total. The van der Waals surface area contributed by atoms with Gasteiger partial charge in [0.05, 0.1) is 11.6 Å². The lowest BCUT2D eigenvalue weighted by Crippen LogP contribution is -2.42. The van der Waals surface area contributed by atoms with E-state index < -0.39 is 29.9 Å². The van der Waals surface area contributed by atoms with Gasteiger partial charge in [0.2, 0.25) is 5.91 Å². The summed E-state index contributed by atoms with van der Waals surface area (Å²) < 4.78 is 0. The molecule has 27 heavy (non-hydrogen) atoms. The molecule has 136 valence electrons. The first-order valence-corrected chi connectivity index (χ1v) is 8.41. The highest BCUT2D eigenvalue weighted by Gasteiger charge is 2.49. The lowest BCUT2D eigenvalue weighted by atomic mass is 9.91. The molecular weight excluding hydrogens is 368 g/mol. The van der Waals surface area contributed by atoms with Crippen LogP contribution in [0.5, 0.6) is 0 Å². The van der Waals surface area contributed by atoms with Crippen LogP contribution in [0.3, 0.4) is 0 Å². The third-order valence-electron chi connectivity index (χ3n) is 4.28. The van der Waals surface area contributed by atoms with Crippen LogP contribution >= 0.6 is 11.6 Å². The number of hydrogen-bond donors (Lipinski definition) is 2. The van der Waals surface area contributed by atoms with Crippen LogP contribution in [-0.4, -0.2) is 29.3 Å². The Bertz CT molecular complexity index is 968. The molecule has 1 fully saturated rings. The minimum absolute atomic E-state index is 0.428. The number of rotatable bonds is 4. The number of halogens is 1. The van der Waals surface area contributed by atoms with E-state index in [-0.39, 0.29) is 0 Å². The van der Waals surface area contributed by atoms with E-state index in [1.807, 2.05) is 6.07 Å². The van der Waals surface area contributed by atoms with Crippen molar-refractivity contribution in [3.8, 4) is 6.07 Å². The highest BCUT2D eigenvalue weighted by atomic mass is 35.5. The standard InChI is InChI=1S/C19H15ClN4O3/c1-19(13-7-5-12(10-21)6-8-13)17(26)24(18(27)23-19)11-16(25)22-15-4-2-3-14(20)9-15/h2-9H,11H2,1H3,(H,22,25)(H,23,27). The van der Waals surface area contributed by atoms with Crippen molar-refractivity contribution in [1.29, 1.82) is 5.26 Å². The average Bonchev–Trinajstić information content (AvgIpc) is 2.86. The van der Waals surface area contributed by atoms with Crippen LogP contribution in [0.2, 0.25) is 5.02 Å². The van der Waals surface area contributed by atoms with Gasteiger partial charge < -0.3 is 10.6 Å². The normalized spacial score (nSPS) is 18.8. The van der Waals surface area contributed by atoms with Gasteiger partial charge in [-0.05, 0) is 42.8 Å². The van der Waals surface area contributed by atoms with E-state index in [4.69, 9.17) is 16.9 Å². The number of benzene rings is 2. The summed E-state index contributed by atoms with van der Waals surface area (Å²) >= 11 is 5.87. The Morgan fingerprint density at radius 2 is 1.96 bits per heavy atom. The average molecular weight is 383 g/mol. The van der Waals surface area contributed by atoms with Gasteiger partial charge in [-0.3, -0.25) is 14.5 Å².